The third-order valence-electron chi connectivity index (χ3n) is 6.09. The van der Waals surface area contributed by atoms with Crippen LogP contribution in [0.5, 0.6) is 17.2 Å². The van der Waals surface area contributed by atoms with Gasteiger partial charge in [0.25, 0.3) is 16.0 Å². The summed E-state index contributed by atoms with van der Waals surface area (Å²) in [5.41, 5.74) is 1.93. The lowest BCUT2D eigenvalue weighted by Gasteiger charge is -2.40. The number of ether oxygens (including phenoxy) is 3. The lowest BCUT2D eigenvalue weighted by atomic mass is 10.1. The number of benzene rings is 2. The standard InChI is InChI=1S/C26H32N4O7S/c1-6-9-23-27-16(4)24-26(31)28-25(29(30(23)24)17-10-12-18(13-11-17)36-7-2)19-14-22(38(32,33)34)21(35-5)15-20(19)37-8-3/h10-15,25H,6-9H2,1-5H3,(H,28,31)(H,32,33,34). The van der Waals surface area contributed by atoms with E-state index in [1.165, 1.54) is 19.2 Å². The highest BCUT2D eigenvalue weighted by Crippen LogP contribution is 2.41. The Morgan fingerprint density at radius 3 is 2.32 bits per heavy atom. The van der Waals surface area contributed by atoms with Gasteiger partial charge >= 0.3 is 0 Å². The minimum absolute atomic E-state index is 0.0831. The predicted molar refractivity (Wildman–Crippen MR) is 141 cm³/mol. The molecule has 2 N–H and O–H groups in total. The number of imidazole rings is 1. The number of anilines is 1. The molecule has 3 aromatic rings. The number of carbonyl (C=O) groups excluding carboxylic acids is 1. The average molecular weight is 545 g/mol. The minimum atomic E-state index is -4.67. The first kappa shape index (κ1) is 27.3. The topological polar surface area (TPSA) is 132 Å². The van der Waals surface area contributed by atoms with Crippen LogP contribution in [-0.2, 0) is 16.5 Å². The number of nitrogens with one attached hydrogen (secondary N) is 1. The lowest BCUT2D eigenvalue weighted by Crippen LogP contribution is -2.51. The van der Waals surface area contributed by atoms with E-state index >= 15 is 0 Å². The molecule has 1 unspecified atom stereocenters. The van der Waals surface area contributed by atoms with Crippen molar-refractivity contribution in [2.45, 2.75) is 51.6 Å². The number of amides is 1. The fraction of sp³-hybridized carbons (Fsp3) is 0.385. The highest BCUT2D eigenvalue weighted by atomic mass is 32.2. The zero-order valence-electron chi connectivity index (χ0n) is 22.0. The summed E-state index contributed by atoms with van der Waals surface area (Å²) in [7, 11) is -3.37. The van der Waals surface area contributed by atoms with Crippen molar-refractivity contribution in [3.8, 4) is 17.2 Å². The Kier molecular flexibility index (Phi) is 7.83. The Morgan fingerprint density at radius 1 is 1.05 bits per heavy atom. The molecular formula is C26H32N4O7S. The summed E-state index contributed by atoms with van der Waals surface area (Å²) in [5.74, 6) is 1.18. The number of hydrogen-bond donors (Lipinski definition) is 2. The van der Waals surface area contributed by atoms with Crippen LogP contribution in [0.4, 0.5) is 5.69 Å². The minimum Gasteiger partial charge on any atom is -0.495 e. The van der Waals surface area contributed by atoms with E-state index in [-0.39, 0.29) is 24.0 Å². The van der Waals surface area contributed by atoms with Crippen LogP contribution >= 0.6 is 0 Å². The maximum Gasteiger partial charge on any atom is 0.298 e. The molecule has 2 heterocycles. The Balaban J connectivity index is 2.01. The summed E-state index contributed by atoms with van der Waals surface area (Å²) >= 11 is 0. The van der Waals surface area contributed by atoms with Gasteiger partial charge in [-0.25, -0.2) is 9.66 Å². The number of aromatic nitrogens is 2. The second-order valence-corrected chi connectivity index (χ2v) is 10.0. The summed E-state index contributed by atoms with van der Waals surface area (Å²) in [6.07, 6.45) is 0.468. The molecule has 0 radical (unpaired) electrons. The van der Waals surface area contributed by atoms with Gasteiger partial charge in [-0.3, -0.25) is 14.4 Å². The van der Waals surface area contributed by atoms with Gasteiger partial charge in [-0.05, 0) is 57.5 Å². The van der Waals surface area contributed by atoms with Gasteiger partial charge in [-0.15, -0.1) is 0 Å². The van der Waals surface area contributed by atoms with Crippen molar-refractivity contribution in [1.29, 1.82) is 0 Å². The molecular weight excluding hydrogens is 512 g/mol. The van der Waals surface area contributed by atoms with Crippen molar-refractivity contribution in [1.82, 2.24) is 15.0 Å². The van der Waals surface area contributed by atoms with E-state index in [1.54, 1.807) is 18.5 Å². The molecule has 1 aliphatic heterocycles. The van der Waals surface area contributed by atoms with Gasteiger partial charge in [0.15, 0.2) is 11.9 Å². The summed E-state index contributed by atoms with van der Waals surface area (Å²) in [4.78, 5) is 17.7. The molecule has 1 atom stereocenters. The number of methoxy groups -OCH3 is 1. The van der Waals surface area contributed by atoms with E-state index in [1.807, 2.05) is 43.1 Å². The largest absolute Gasteiger partial charge is 0.495 e. The Hall–Kier alpha value is -3.77. The lowest BCUT2D eigenvalue weighted by molar-refractivity contribution is 0.0899. The van der Waals surface area contributed by atoms with Crippen LogP contribution in [0.2, 0.25) is 0 Å². The van der Waals surface area contributed by atoms with Crippen LogP contribution in [0.15, 0.2) is 41.3 Å². The first-order chi connectivity index (χ1) is 18.1. The van der Waals surface area contributed by atoms with Crippen LogP contribution in [0.3, 0.4) is 0 Å². The number of carbonyl (C=O) groups is 1. The Morgan fingerprint density at radius 2 is 1.74 bits per heavy atom. The number of aryl methyl sites for hydroxylation is 2. The van der Waals surface area contributed by atoms with Crippen LogP contribution in [-0.4, -0.2) is 48.9 Å². The molecule has 1 amide bonds. The summed E-state index contributed by atoms with van der Waals surface area (Å²) in [6, 6.07) is 9.98. The van der Waals surface area contributed by atoms with Crippen molar-refractivity contribution in [2.24, 2.45) is 0 Å². The molecule has 0 spiro atoms. The maximum atomic E-state index is 13.4. The number of rotatable bonds is 10. The van der Waals surface area contributed by atoms with Crippen molar-refractivity contribution in [2.75, 3.05) is 25.3 Å². The van der Waals surface area contributed by atoms with Crippen molar-refractivity contribution in [3.63, 3.8) is 0 Å². The SMILES string of the molecule is CCCc1nc(C)c2n1N(c1ccc(OCC)cc1)C(c1cc(S(=O)(=O)O)c(OC)cc1OCC)NC2=O. The third kappa shape index (κ3) is 5.01. The molecule has 2 aromatic carbocycles. The quantitative estimate of drug-likeness (QED) is 0.365. The van der Waals surface area contributed by atoms with Gasteiger partial charge in [0.2, 0.25) is 0 Å². The molecule has 0 saturated heterocycles. The number of hydrogen-bond acceptors (Lipinski definition) is 8. The molecule has 0 fully saturated rings. The molecule has 12 heteroatoms. The number of nitrogens with zero attached hydrogens (tertiary/aromatic N) is 3. The first-order valence-electron chi connectivity index (χ1n) is 12.4. The zero-order valence-corrected chi connectivity index (χ0v) is 22.8. The molecule has 0 bridgehead atoms. The normalized spacial score (nSPS) is 15.2. The molecule has 0 saturated carbocycles. The molecule has 0 aliphatic carbocycles. The van der Waals surface area contributed by atoms with Crippen LogP contribution in [0, 0.1) is 6.92 Å². The predicted octanol–water partition coefficient (Wildman–Crippen LogP) is 3.91. The van der Waals surface area contributed by atoms with Gasteiger partial charge in [0.05, 0.1) is 31.7 Å². The molecule has 4 rings (SSSR count). The summed E-state index contributed by atoms with van der Waals surface area (Å²) in [6.45, 7) is 8.25. The highest BCUT2D eigenvalue weighted by Gasteiger charge is 2.39. The Labute approximate surface area is 222 Å². The van der Waals surface area contributed by atoms with Crippen LogP contribution in [0.1, 0.15) is 60.9 Å². The molecule has 1 aliphatic rings. The molecule has 11 nitrogen and oxygen atoms in total. The van der Waals surface area contributed by atoms with Crippen LogP contribution in [0.25, 0.3) is 0 Å². The van der Waals surface area contributed by atoms with E-state index < -0.39 is 21.2 Å². The zero-order chi connectivity index (χ0) is 27.6. The monoisotopic (exact) mass is 544 g/mol. The van der Waals surface area contributed by atoms with E-state index in [9.17, 15) is 17.8 Å². The maximum absolute atomic E-state index is 13.4. The second-order valence-electron chi connectivity index (χ2n) is 8.62. The molecule has 1 aromatic heterocycles. The van der Waals surface area contributed by atoms with Gasteiger partial charge in [-0.2, -0.15) is 8.42 Å². The molecule has 38 heavy (non-hydrogen) atoms. The second kappa shape index (κ2) is 10.9. The van der Waals surface area contributed by atoms with Crippen molar-refractivity contribution >= 4 is 21.7 Å². The summed E-state index contributed by atoms with van der Waals surface area (Å²) in [5, 5.41) is 4.81. The average Bonchev–Trinajstić information content (AvgIpc) is 3.20. The van der Waals surface area contributed by atoms with Gasteiger partial charge in [0.1, 0.15) is 28.0 Å². The van der Waals surface area contributed by atoms with E-state index in [0.29, 0.717) is 47.2 Å². The molecule has 204 valence electrons. The fourth-order valence-electron chi connectivity index (χ4n) is 4.57. The highest BCUT2D eigenvalue weighted by molar-refractivity contribution is 7.86. The van der Waals surface area contributed by atoms with E-state index in [4.69, 9.17) is 14.2 Å². The van der Waals surface area contributed by atoms with E-state index in [2.05, 4.69) is 10.3 Å². The number of fused-ring (bicyclic) bond motifs is 1. The summed E-state index contributed by atoms with van der Waals surface area (Å²) < 4.78 is 53.0. The van der Waals surface area contributed by atoms with E-state index in [0.717, 1.165) is 6.42 Å². The third-order valence-corrected chi connectivity index (χ3v) is 6.97. The van der Waals surface area contributed by atoms with Crippen LogP contribution < -0.4 is 24.5 Å². The smallest absolute Gasteiger partial charge is 0.298 e. The first-order valence-corrected chi connectivity index (χ1v) is 13.8. The van der Waals surface area contributed by atoms with Gasteiger partial charge in [0, 0.05) is 18.1 Å². The van der Waals surface area contributed by atoms with Gasteiger partial charge in [-0.1, -0.05) is 6.92 Å². The Bertz CT molecular complexity index is 1430. The van der Waals surface area contributed by atoms with Crippen molar-refractivity contribution in [3.05, 3.63) is 59.2 Å². The van der Waals surface area contributed by atoms with Gasteiger partial charge < -0.3 is 19.5 Å². The van der Waals surface area contributed by atoms with Crippen molar-refractivity contribution < 1.29 is 32.0 Å². The fourth-order valence-corrected chi connectivity index (χ4v) is 5.24.